The maximum absolute atomic E-state index is 11.9. The Bertz CT molecular complexity index is 493. The molecule has 0 aliphatic rings. The maximum Gasteiger partial charge on any atom is 0.250 e. The van der Waals surface area contributed by atoms with E-state index >= 15 is 0 Å². The third-order valence-electron chi connectivity index (χ3n) is 3.25. The molecular formula is C13H21N3O2. The molecule has 1 heterocycles. The van der Waals surface area contributed by atoms with Gasteiger partial charge in [0.15, 0.2) is 0 Å². The van der Waals surface area contributed by atoms with E-state index in [-0.39, 0.29) is 17.4 Å². The lowest BCUT2D eigenvalue weighted by atomic mass is 9.99. The fourth-order valence-corrected chi connectivity index (χ4v) is 1.58. The summed E-state index contributed by atoms with van der Waals surface area (Å²) in [7, 11) is 1.64. The smallest absolute Gasteiger partial charge is 0.250 e. The zero-order valence-corrected chi connectivity index (χ0v) is 11.4. The number of carbonyl (C=O) groups is 1. The van der Waals surface area contributed by atoms with Gasteiger partial charge in [0, 0.05) is 19.3 Å². The van der Waals surface area contributed by atoms with Crippen molar-refractivity contribution in [2.75, 3.05) is 5.32 Å². The number of aromatic nitrogens is 1. The molecule has 1 rings (SSSR count). The molecule has 2 unspecified atom stereocenters. The topological polar surface area (TPSA) is 77.1 Å². The largest absolute Gasteiger partial charge is 0.323 e. The summed E-state index contributed by atoms with van der Waals surface area (Å²) < 4.78 is 1.43. The number of nitrogens with one attached hydrogen (secondary N) is 1. The van der Waals surface area contributed by atoms with Gasteiger partial charge in [-0.1, -0.05) is 20.3 Å². The number of hydrogen-bond acceptors (Lipinski definition) is 3. The predicted molar refractivity (Wildman–Crippen MR) is 72.5 cm³/mol. The molecule has 0 saturated heterocycles. The summed E-state index contributed by atoms with van der Waals surface area (Å²) in [4.78, 5) is 23.3. The number of anilines is 1. The van der Waals surface area contributed by atoms with E-state index in [9.17, 15) is 9.59 Å². The Kier molecular flexibility index (Phi) is 4.67. The molecule has 100 valence electrons. The molecule has 1 aromatic heterocycles. The van der Waals surface area contributed by atoms with Crippen LogP contribution in [0.4, 0.5) is 5.69 Å². The number of pyridine rings is 1. The number of amides is 1. The van der Waals surface area contributed by atoms with Crippen molar-refractivity contribution >= 4 is 11.6 Å². The summed E-state index contributed by atoms with van der Waals surface area (Å²) in [5, 5.41) is 2.77. The summed E-state index contributed by atoms with van der Waals surface area (Å²) in [6, 6.07) is 0.955. The zero-order valence-electron chi connectivity index (χ0n) is 11.4. The van der Waals surface area contributed by atoms with Gasteiger partial charge in [0.25, 0.3) is 5.56 Å². The molecule has 18 heavy (non-hydrogen) atoms. The van der Waals surface area contributed by atoms with E-state index in [0.29, 0.717) is 5.69 Å². The molecule has 5 nitrogen and oxygen atoms in total. The van der Waals surface area contributed by atoms with E-state index in [2.05, 4.69) is 5.32 Å². The Morgan fingerprint density at radius 3 is 2.72 bits per heavy atom. The van der Waals surface area contributed by atoms with E-state index in [1.54, 1.807) is 20.2 Å². The van der Waals surface area contributed by atoms with E-state index < -0.39 is 6.04 Å². The molecule has 0 fully saturated rings. The zero-order chi connectivity index (χ0) is 13.9. The lowest BCUT2D eigenvalue weighted by Gasteiger charge is -2.18. The van der Waals surface area contributed by atoms with E-state index in [1.165, 1.54) is 10.6 Å². The molecule has 0 aromatic carbocycles. The Hall–Kier alpha value is -1.62. The first-order valence-electron chi connectivity index (χ1n) is 6.10. The van der Waals surface area contributed by atoms with Crippen LogP contribution in [-0.4, -0.2) is 16.5 Å². The van der Waals surface area contributed by atoms with Crippen LogP contribution >= 0.6 is 0 Å². The van der Waals surface area contributed by atoms with Gasteiger partial charge in [-0.3, -0.25) is 9.59 Å². The van der Waals surface area contributed by atoms with Gasteiger partial charge >= 0.3 is 0 Å². The number of rotatable bonds is 4. The van der Waals surface area contributed by atoms with Crippen molar-refractivity contribution in [3.63, 3.8) is 0 Å². The van der Waals surface area contributed by atoms with Gasteiger partial charge in [0.1, 0.15) is 0 Å². The molecule has 0 spiro atoms. The third-order valence-corrected chi connectivity index (χ3v) is 3.25. The van der Waals surface area contributed by atoms with Crippen LogP contribution in [0.25, 0.3) is 0 Å². The molecule has 1 aromatic rings. The minimum Gasteiger partial charge on any atom is -0.323 e. The van der Waals surface area contributed by atoms with Gasteiger partial charge in [0.05, 0.1) is 11.7 Å². The lowest BCUT2D eigenvalue weighted by molar-refractivity contribution is -0.118. The summed E-state index contributed by atoms with van der Waals surface area (Å²) in [6.45, 7) is 5.72. The van der Waals surface area contributed by atoms with Crippen molar-refractivity contribution in [3.8, 4) is 0 Å². The van der Waals surface area contributed by atoms with Crippen molar-refractivity contribution in [1.82, 2.24) is 4.57 Å². The Balaban J connectivity index is 2.88. The van der Waals surface area contributed by atoms with Crippen LogP contribution in [0, 0.1) is 12.8 Å². The highest BCUT2D eigenvalue weighted by Gasteiger charge is 2.20. The second kappa shape index (κ2) is 5.82. The number of carbonyl (C=O) groups excluding carboxylic acids is 1. The fraction of sp³-hybridized carbons (Fsp3) is 0.538. The average Bonchev–Trinajstić information content (AvgIpc) is 2.33. The Morgan fingerprint density at radius 2 is 2.17 bits per heavy atom. The summed E-state index contributed by atoms with van der Waals surface area (Å²) >= 11 is 0. The Morgan fingerprint density at radius 1 is 1.56 bits per heavy atom. The highest BCUT2D eigenvalue weighted by Crippen LogP contribution is 2.13. The van der Waals surface area contributed by atoms with Gasteiger partial charge in [-0.05, 0) is 18.4 Å². The van der Waals surface area contributed by atoms with Crippen LogP contribution in [0.1, 0.15) is 25.8 Å². The van der Waals surface area contributed by atoms with Gasteiger partial charge in [-0.2, -0.15) is 0 Å². The number of nitrogens with two attached hydrogens (primary N) is 1. The first-order chi connectivity index (χ1) is 8.36. The molecule has 0 aliphatic heterocycles. The van der Waals surface area contributed by atoms with Gasteiger partial charge in [-0.25, -0.2) is 0 Å². The molecule has 0 aliphatic carbocycles. The predicted octanol–water partition coefficient (Wildman–Crippen LogP) is 1.01. The van der Waals surface area contributed by atoms with Crippen molar-refractivity contribution in [3.05, 3.63) is 28.2 Å². The minimum absolute atomic E-state index is 0.100. The third kappa shape index (κ3) is 3.20. The first-order valence-corrected chi connectivity index (χ1v) is 6.10. The number of hydrogen-bond donors (Lipinski definition) is 2. The fourth-order valence-electron chi connectivity index (χ4n) is 1.58. The second-order valence-electron chi connectivity index (χ2n) is 4.72. The molecule has 3 N–H and O–H groups in total. The molecule has 1 amide bonds. The van der Waals surface area contributed by atoms with Gasteiger partial charge < -0.3 is 15.6 Å². The average molecular weight is 251 g/mol. The Labute approximate surface area is 107 Å². The van der Waals surface area contributed by atoms with Crippen molar-refractivity contribution < 1.29 is 4.79 Å². The van der Waals surface area contributed by atoms with Crippen LogP contribution in [-0.2, 0) is 11.8 Å². The van der Waals surface area contributed by atoms with Crippen LogP contribution < -0.4 is 16.6 Å². The normalized spacial score (nSPS) is 14.1. The first kappa shape index (κ1) is 14.4. The van der Waals surface area contributed by atoms with Gasteiger partial charge in [-0.15, -0.1) is 0 Å². The summed E-state index contributed by atoms with van der Waals surface area (Å²) in [6.07, 6.45) is 2.46. The number of nitrogens with zero attached hydrogens (tertiary/aromatic N) is 1. The number of aryl methyl sites for hydroxylation is 2. The standard InChI is InChI=1S/C13H21N3O2/c1-5-8(2)12(14)13(18)15-10-7-16(4)11(17)6-9(10)3/h6-8,12H,5,14H2,1-4H3,(H,15,18). The SMILES string of the molecule is CCC(C)C(N)C(=O)Nc1cn(C)c(=O)cc1C. The van der Waals surface area contributed by atoms with Crippen molar-refractivity contribution in [2.45, 2.75) is 33.2 Å². The van der Waals surface area contributed by atoms with Crippen molar-refractivity contribution in [2.24, 2.45) is 18.7 Å². The van der Waals surface area contributed by atoms with Crippen LogP contribution in [0.2, 0.25) is 0 Å². The quantitative estimate of drug-likeness (QED) is 0.838. The van der Waals surface area contributed by atoms with Crippen LogP contribution in [0.15, 0.2) is 17.1 Å². The molecule has 5 heteroatoms. The van der Waals surface area contributed by atoms with Crippen molar-refractivity contribution in [1.29, 1.82) is 0 Å². The monoisotopic (exact) mass is 251 g/mol. The summed E-state index contributed by atoms with van der Waals surface area (Å²) in [5.41, 5.74) is 7.12. The molecule has 0 bridgehead atoms. The maximum atomic E-state index is 11.9. The van der Waals surface area contributed by atoms with Gasteiger partial charge in [0.2, 0.25) is 5.91 Å². The lowest BCUT2D eigenvalue weighted by Crippen LogP contribution is -2.41. The minimum atomic E-state index is -0.536. The molecule has 0 radical (unpaired) electrons. The highest BCUT2D eigenvalue weighted by molar-refractivity contribution is 5.95. The second-order valence-corrected chi connectivity index (χ2v) is 4.72. The molecule has 2 atom stereocenters. The van der Waals surface area contributed by atoms with Crippen LogP contribution in [0.3, 0.4) is 0 Å². The van der Waals surface area contributed by atoms with E-state index in [0.717, 1.165) is 12.0 Å². The molecule has 0 saturated carbocycles. The van der Waals surface area contributed by atoms with Crippen LogP contribution in [0.5, 0.6) is 0 Å². The molecular weight excluding hydrogens is 230 g/mol. The van der Waals surface area contributed by atoms with E-state index in [1.807, 2.05) is 13.8 Å². The summed E-state index contributed by atoms with van der Waals surface area (Å²) in [5.74, 6) is -0.0936. The highest BCUT2D eigenvalue weighted by atomic mass is 16.2. The van der Waals surface area contributed by atoms with E-state index in [4.69, 9.17) is 5.73 Å².